The van der Waals surface area contributed by atoms with Crippen LogP contribution in [0.15, 0.2) is 63.4 Å². The van der Waals surface area contributed by atoms with Gasteiger partial charge >= 0.3 is 5.63 Å². The molecule has 0 N–H and O–H groups in total. The minimum absolute atomic E-state index is 0.105. The summed E-state index contributed by atoms with van der Waals surface area (Å²) in [5, 5.41) is 0.880. The molecule has 1 aromatic heterocycles. The molecule has 28 heavy (non-hydrogen) atoms. The lowest BCUT2D eigenvalue weighted by Gasteiger charge is -2.36. The summed E-state index contributed by atoms with van der Waals surface area (Å²) in [4.78, 5) is 12.8. The van der Waals surface area contributed by atoms with Gasteiger partial charge in [0.2, 0.25) is 0 Å². The Kier molecular flexibility index (Phi) is 5.64. The summed E-state index contributed by atoms with van der Waals surface area (Å²) in [5.74, 6) is 0.649. The number of aryl methyl sites for hydroxylation is 1. The average molecular weight is 379 g/mol. The van der Waals surface area contributed by atoms with E-state index in [-0.39, 0.29) is 11.7 Å². The molecule has 0 radical (unpaired) electrons. The summed E-state index contributed by atoms with van der Waals surface area (Å²) in [7, 11) is 0. The Balaban J connectivity index is 2.07. The van der Waals surface area contributed by atoms with Crippen molar-refractivity contribution in [2.45, 2.75) is 65.4 Å². The SMILES string of the molecule is C=C[C@@]1(C)C[C@@H](C=C(C)CCC=C(C)C)Oc2c1c(=O)oc1cccc(C)c21. The summed E-state index contributed by atoms with van der Waals surface area (Å²) in [6, 6.07) is 5.73. The van der Waals surface area contributed by atoms with Crippen molar-refractivity contribution in [2.75, 3.05) is 0 Å². The minimum atomic E-state index is -0.494. The molecule has 1 aliphatic rings. The fourth-order valence-corrected chi connectivity index (χ4v) is 3.98. The van der Waals surface area contributed by atoms with E-state index in [4.69, 9.17) is 9.15 Å². The van der Waals surface area contributed by atoms with Gasteiger partial charge in [0.05, 0.1) is 10.9 Å². The monoisotopic (exact) mass is 378 g/mol. The van der Waals surface area contributed by atoms with Crippen molar-refractivity contribution in [1.29, 1.82) is 0 Å². The lowest BCUT2D eigenvalue weighted by molar-refractivity contribution is 0.181. The third-order valence-corrected chi connectivity index (χ3v) is 5.57. The minimum Gasteiger partial charge on any atom is -0.485 e. The van der Waals surface area contributed by atoms with Gasteiger partial charge in [0.15, 0.2) is 0 Å². The third kappa shape index (κ3) is 3.84. The quantitative estimate of drug-likeness (QED) is 0.447. The maximum Gasteiger partial charge on any atom is 0.344 e. The van der Waals surface area contributed by atoms with Crippen molar-refractivity contribution < 1.29 is 9.15 Å². The van der Waals surface area contributed by atoms with Crippen molar-refractivity contribution in [2.24, 2.45) is 0 Å². The highest BCUT2D eigenvalue weighted by atomic mass is 16.5. The number of hydrogen-bond donors (Lipinski definition) is 0. The molecular formula is C25H30O3. The van der Waals surface area contributed by atoms with E-state index in [2.05, 4.69) is 39.5 Å². The van der Waals surface area contributed by atoms with E-state index in [0.717, 1.165) is 23.8 Å². The van der Waals surface area contributed by atoms with Crippen molar-refractivity contribution in [1.82, 2.24) is 0 Å². The number of hydrogen-bond acceptors (Lipinski definition) is 3. The van der Waals surface area contributed by atoms with Crippen LogP contribution in [0.5, 0.6) is 5.75 Å². The van der Waals surface area contributed by atoms with E-state index in [0.29, 0.717) is 23.3 Å². The number of ether oxygens (including phenoxy) is 1. The molecule has 0 spiro atoms. The summed E-state index contributed by atoms with van der Waals surface area (Å²) < 4.78 is 12.0. The Hall–Kier alpha value is -2.55. The molecule has 0 fully saturated rings. The summed E-state index contributed by atoms with van der Waals surface area (Å²) in [6.07, 6.45) is 8.90. The molecule has 0 bridgehead atoms. The molecule has 0 amide bonds. The second-order valence-corrected chi connectivity index (χ2v) is 8.36. The van der Waals surface area contributed by atoms with Gasteiger partial charge < -0.3 is 9.15 Å². The zero-order chi connectivity index (χ0) is 20.5. The Morgan fingerprint density at radius 1 is 1.32 bits per heavy atom. The second kappa shape index (κ2) is 7.83. The fraction of sp³-hybridized carbons (Fsp3) is 0.400. The maximum atomic E-state index is 12.8. The normalized spacial score (nSPS) is 21.8. The van der Waals surface area contributed by atoms with Gasteiger partial charge in [-0.2, -0.15) is 0 Å². The first-order valence-corrected chi connectivity index (χ1v) is 9.93. The number of rotatable bonds is 5. The van der Waals surface area contributed by atoms with Crippen LogP contribution in [0.25, 0.3) is 11.0 Å². The van der Waals surface area contributed by atoms with Gasteiger partial charge in [0.25, 0.3) is 0 Å². The maximum absolute atomic E-state index is 12.8. The Bertz CT molecular complexity index is 1020. The molecule has 0 unspecified atom stereocenters. The summed E-state index contributed by atoms with van der Waals surface area (Å²) >= 11 is 0. The van der Waals surface area contributed by atoms with Crippen LogP contribution in [-0.2, 0) is 5.41 Å². The second-order valence-electron chi connectivity index (χ2n) is 8.36. The Morgan fingerprint density at radius 3 is 2.75 bits per heavy atom. The van der Waals surface area contributed by atoms with Crippen LogP contribution >= 0.6 is 0 Å². The molecule has 1 aromatic carbocycles. The van der Waals surface area contributed by atoms with E-state index in [1.165, 1.54) is 11.1 Å². The lowest BCUT2D eigenvalue weighted by Crippen LogP contribution is -2.38. The van der Waals surface area contributed by atoms with Crippen LogP contribution < -0.4 is 10.4 Å². The van der Waals surface area contributed by atoms with E-state index < -0.39 is 5.41 Å². The van der Waals surface area contributed by atoms with Crippen molar-refractivity contribution in [3.8, 4) is 5.75 Å². The molecule has 3 heteroatoms. The molecule has 2 aromatic rings. The molecule has 0 saturated carbocycles. The zero-order valence-corrected chi connectivity index (χ0v) is 17.6. The highest BCUT2D eigenvalue weighted by Crippen LogP contribution is 2.44. The Morgan fingerprint density at radius 2 is 2.07 bits per heavy atom. The van der Waals surface area contributed by atoms with Crippen molar-refractivity contribution in [3.05, 3.63) is 75.7 Å². The predicted octanol–water partition coefficient (Wildman–Crippen LogP) is 6.39. The van der Waals surface area contributed by atoms with Gasteiger partial charge in [-0.3, -0.25) is 0 Å². The van der Waals surface area contributed by atoms with Crippen LogP contribution in [0, 0.1) is 6.92 Å². The highest BCUT2D eigenvalue weighted by molar-refractivity contribution is 5.88. The van der Waals surface area contributed by atoms with Crippen molar-refractivity contribution in [3.63, 3.8) is 0 Å². The smallest absolute Gasteiger partial charge is 0.344 e. The van der Waals surface area contributed by atoms with Gasteiger partial charge in [0.1, 0.15) is 17.4 Å². The highest BCUT2D eigenvalue weighted by Gasteiger charge is 2.39. The van der Waals surface area contributed by atoms with E-state index in [9.17, 15) is 4.79 Å². The molecule has 148 valence electrons. The fourth-order valence-electron chi connectivity index (χ4n) is 3.98. The standard InChI is InChI=1S/C25H30O3/c1-7-25(6)15-19(14-17(4)11-8-10-16(2)3)27-23-21-18(5)12-9-13-20(21)28-24(26)22(23)25/h7,9-10,12-14,19H,1,8,11,15H2,2-6H3/t19-,25+/m1/s1. The topological polar surface area (TPSA) is 39.4 Å². The van der Waals surface area contributed by atoms with Gasteiger partial charge in [-0.15, -0.1) is 6.58 Å². The van der Waals surface area contributed by atoms with Gasteiger partial charge in [-0.25, -0.2) is 4.79 Å². The van der Waals surface area contributed by atoms with E-state index in [1.54, 1.807) is 0 Å². The number of fused-ring (bicyclic) bond motifs is 3. The van der Waals surface area contributed by atoms with Crippen LogP contribution in [-0.4, -0.2) is 6.10 Å². The van der Waals surface area contributed by atoms with Crippen LogP contribution in [0.2, 0.25) is 0 Å². The van der Waals surface area contributed by atoms with Crippen LogP contribution in [0.4, 0.5) is 0 Å². The van der Waals surface area contributed by atoms with Crippen LogP contribution in [0.1, 0.15) is 58.1 Å². The first kappa shape index (κ1) is 20.2. The molecule has 3 nitrogen and oxygen atoms in total. The predicted molar refractivity (Wildman–Crippen MR) is 116 cm³/mol. The summed E-state index contributed by atoms with van der Waals surface area (Å²) in [5.41, 5.74) is 3.99. The third-order valence-electron chi connectivity index (χ3n) is 5.57. The number of benzene rings is 1. The van der Waals surface area contributed by atoms with E-state index >= 15 is 0 Å². The first-order valence-electron chi connectivity index (χ1n) is 9.93. The molecule has 1 aliphatic heterocycles. The molecular weight excluding hydrogens is 348 g/mol. The van der Waals surface area contributed by atoms with Gasteiger partial charge in [-0.05, 0) is 58.2 Å². The molecule has 0 aliphatic carbocycles. The Labute approximate surface area is 167 Å². The van der Waals surface area contributed by atoms with Gasteiger partial charge in [-0.1, -0.05) is 42.4 Å². The average Bonchev–Trinajstić information content (AvgIpc) is 2.60. The molecule has 0 saturated heterocycles. The largest absolute Gasteiger partial charge is 0.485 e. The van der Waals surface area contributed by atoms with Crippen molar-refractivity contribution >= 4 is 11.0 Å². The lowest BCUT2D eigenvalue weighted by atomic mass is 9.75. The number of allylic oxidation sites excluding steroid dienone is 4. The van der Waals surface area contributed by atoms with E-state index in [1.807, 2.05) is 38.1 Å². The summed E-state index contributed by atoms with van der Waals surface area (Å²) in [6.45, 7) is 14.5. The molecule has 2 heterocycles. The molecule has 2 atom stereocenters. The van der Waals surface area contributed by atoms with Gasteiger partial charge in [0, 0.05) is 11.8 Å². The molecule has 3 rings (SSSR count). The van der Waals surface area contributed by atoms with Crippen LogP contribution in [0.3, 0.4) is 0 Å². The zero-order valence-electron chi connectivity index (χ0n) is 17.6. The first-order chi connectivity index (χ1) is 13.2.